The fourth-order valence-electron chi connectivity index (χ4n) is 1.81. The summed E-state index contributed by atoms with van der Waals surface area (Å²) in [6.07, 6.45) is 0.675. The molecule has 5 nitrogen and oxygen atoms in total. The first-order valence-corrected chi connectivity index (χ1v) is 7.39. The predicted octanol–water partition coefficient (Wildman–Crippen LogP) is 0.388. The van der Waals surface area contributed by atoms with Crippen molar-refractivity contribution in [1.82, 2.24) is 4.72 Å². The first kappa shape index (κ1) is 13.4. The molecule has 0 bridgehead atoms. The molecule has 18 heavy (non-hydrogen) atoms. The molecule has 1 aromatic carbocycles. The van der Waals surface area contributed by atoms with Gasteiger partial charge in [0.1, 0.15) is 4.99 Å². The lowest BCUT2D eigenvalue weighted by Crippen LogP contribution is -2.36. The van der Waals surface area contributed by atoms with Crippen molar-refractivity contribution < 1.29 is 13.2 Å². The van der Waals surface area contributed by atoms with Gasteiger partial charge in [-0.1, -0.05) is 30.4 Å². The fourth-order valence-corrected chi connectivity index (χ4v) is 3.53. The SMILES string of the molecule is NC(=S)c1ccccc1S(=O)(=O)NC1CCOC1. The third-order valence-corrected chi connectivity index (χ3v) is 4.49. The van der Waals surface area contributed by atoms with Crippen LogP contribution in [0.5, 0.6) is 0 Å². The summed E-state index contributed by atoms with van der Waals surface area (Å²) in [5.74, 6) is 0. The summed E-state index contributed by atoms with van der Waals surface area (Å²) >= 11 is 4.86. The highest BCUT2D eigenvalue weighted by molar-refractivity contribution is 7.89. The minimum absolute atomic E-state index is 0.0682. The van der Waals surface area contributed by atoms with E-state index in [0.29, 0.717) is 25.2 Å². The van der Waals surface area contributed by atoms with E-state index in [2.05, 4.69) is 4.72 Å². The Balaban J connectivity index is 2.31. The Bertz CT molecular complexity index is 551. The van der Waals surface area contributed by atoms with Crippen LogP contribution in [0.25, 0.3) is 0 Å². The lowest BCUT2D eigenvalue weighted by Gasteiger charge is -2.13. The first-order chi connectivity index (χ1) is 8.50. The maximum absolute atomic E-state index is 12.2. The summed E-state index contributed by atoms with van der Waals surface area (Å²) in [4.78, 5) is 0.183. The number of thiocarbonyl (C=S) groups is 1. The van der Waals surface area contributed by atoms with Gasteiger partial charge >= 0.3 is 0 Å². The Labute approximate surface area is 111 Å². The molecular formula is C11H14N2O3S2. The smallest absolute Gasteiger partial charge is 0.241 e. The number of hydrogen-bond donors (Lipinski definition) is 2. The van der Waals surface area contributed by atoms with Crippen LogP contribution in [-0.2, 0) is 14.8 Å². The maximum Gasteiger partial charge on any atom is 0.241 e. The van der Waals surface area contributed by atoms with Gasteiger partial charge in [0.2, 0.25) is 10.0 Å². The number of hydrogen-bond acceptors (Lipinski definition) is 4. The monoisotopic (exact) mass is 286 g/mol. The number of ether oxygens (including phenoxy) is 1. The third-order valence-electron chi connectivity index (χ3n) is 2.69. The van der Waals surface area contributed by atoms with E-state index in [1.165, 1.54) is 6.07 Å². The molecule has 0 amide bonds. The second-order valence-electron chi connectivity index (χ2n) is 4.04. The van der Waals surface area contributed by atoms with Crippen molar-refractivity contribution in [3.8, 4) is 0 Å². The second-order valence-corrected chi connectivity index (χ2v) is 6.16. The molecule has 0 aromatic heterocycles. The second kappa shape index (κ2) is 5.31. The normalized spacial score (nSPS) is 19.9. The molecule has 7 heteroatoms. The minimum atomic E-state index is -3.62. The van der Waals surface area contributed by atoms with Gasteiger partial charge in [0.25, 0.3) is 0 Å². The van der Waals surface area contributed by atoms with Crippen molar-refractivity contribution in [2.75, 3.05) is 13.2 Å². The molecule has 1 aliphatic rings. The van der Waals surface area contributed by atoms with Gasteiger partial charge in [-0.25, -0.2) is 13.1 Å². The topological polar surface area (TPSA) is 81.4 Å². The molecule has 3 N–H and O–H groups in total. The van der Waals surface area contributed by atoms with Gasteiger partial charge in [0.05, 0.1) is 11.5 Å². The predicted molar refractivity (Wildman–Crippen MR) is 71.9 cm³/mol. The highest BCUT2D eigenvalue weighted by Gasteiger charge is 2.25. The van der Waals surface area contributed by atoms with Gasteiger partial charge in [-0.3, -0.25) is 0 Å². The zero-order valence-corrected chi connectivity index (χ0v) is 11.3. The standard InChI is InChI=1S/C11H14N2O3S2/c12-11(17)9-3-1-2-4-10(9)18(14,15)13-8-5-6-16-7-8/h1-4,8,13H,5-7H2,(H2,12,17). The van der Waals surface area contributed by atoms with Crippen molar-refractivity contribution >= 4 is 27.2 Å². The van der Waals surface area contributed by atoms with Crippen molar-refractivity contribution in [2.45, 2.75) is 17.4 Å². The van der Waals surface area contributed by atoms with Crippen molar-refractivity contribution in [3.05, 3.63) is 29.8 Å². The van der Waals surface area contributed by atoms with E-state index in [4.69, 9.17) is 22.7 Å². The Kier molecular flexibility index (Phi) is 3.96. The Morgan fingerprint density at radius 1 is 1.44 bits per heavy atom. The average molecular weight is 286 g/mol. The van der Waals surface area contributed by atoms with Gasteiger partial charge in [-0.15, -0.1) is 0 Å². The van der Waals surface area contributed by atoms with E-state index in [9.17, 15) is 8.42 Å². The molecule has 2 rings (SSSR count). The fraction of sp³-hybridized carbons (Fsp3) is 0.364. The van der Waals surface area contributed by atoms with Gasteiger partial charge in [-0.2, -0.15) is 0 Å². The molecule has 0 radical (unpaired) electrons. The number of sulfonamides is 1. The van der Waals surface area contributed by atoms with Crippen LogP contribution in [0.1, 0.15) is 12.0 Å². The van der Waals surface area contributed by atoms with Crippen molar-refractivity contribution in [2.24, 2.45) is 5.73 Å². The Morgan fingerprint density at radius 2 is 2.17 bits per heavy atom. The summed E-state index contributed by atoms with van der Waals surface area (Å²) in [7, 11) is -3.62. The van der Waals surface area contributed by atoms with E-state index < -0.39 is 10.0 Å². The first-order valence-electron chi connectivity index (χ1n) is 5.49. The quantitative estimate of drug-likeness (QED) is 0.783. The summed E-state index contributed by atoms with van der Waals surface area (Å²) in [5.41, 5.74) is 5.89. The van der Waals surface area contributed by atoms with Crippen LogP contribution in [0, 0.1) is 0 Å². The molecule has 0 saturated carbocycles. The van der Waals surface area contributed by atoms with Crippen LogP contribution in [-0.4, -0.2) is 32.7 Å². The molecule has 1 fully saturated rings. The highest BCUT2D eigenvalue weighted by atomic mass is 32.2. The van der Waals surface area contributed by atoms with E-state index >= 15 is 0 Å². The molecule has 1 saturated heterocycles. The third kappa shape index (κ3) is 2.86. The lowest BCUT2D eigenvalue weighted by molar-refractivity contribution is 0.192. The lowest BCUT2D eigenvalue weighted by atomic mass is 10.2. The van der Waals surface area contributed by atoms with Crippen LogP contribution in [0.3, 0.4) is 0 Å². The molecule has 1 aliphatic heterocycles. The van der Waals surface area contributed by atoms with E-state index in [-0.39, 0.29) is 15.9 Å². The van der Waals surface area contributed by atoms with Crippen LogP contribution < -0.4 is 10.5 Å². The average Bonchev–Trinajstić information content (AvgIpc) is 2.81. The van der Waals surface area contributed by atoms with E-state index in [1.807, 2.05) is 0 Å². The molecule has 1 unspecified atom stereocenters. The Hall–Kier alpha value is -1.02. The minimum Gasteiger partial charge on any atom is -0.389 e. The van der Waals surface area contributed by atoms with Gasteiger partial charge in [0, 0.05) is 18.2 Å². The van der Waals surface area contributed by atoms with Crippen molar-refractivity contribution in [1.29, 1.82) is 0 Å². The summed E-state index contributed by atoms with van der Waals surface area (Å²) in [5, 5.41) is 0. The molecule has 1 aromatic rings. The summed E-state index contributed by atoms with van der Waals surface area (Å²) in [6, 6.07) is 6.25. The highest BCUT2D eigenvalue weighted by Crippen LogP contribution is 2.17. The zero-order chi connectivity index (χ0) is 13.2. The number of benzene rings is 1. The largest absolute Gasteiger partial charge is 0.389 e. The summed E-state index contributed by atoms with van der Waals surface area (Å²) < 4.78 is 32.2. The van der Waals surface area contributed by atoms with Crippen LogP contribution in [0.4, 0.5) is 0 Å². The van der Waals surface area contributed by atoms with Gasteiger partial charge in [0.15, 0.2) is 0 Å². The van der Waals surface area contributed by atoms with Crippen LogP contribution in [0.15, 0.2) is 29.2 Å². The van der Waals surface area contributed by atoms with Crippen molar-refractivity contribution in [3.63, 3.8) is 0 Å². The van der Waals surface area contributed by atoms with Crippen LogP contribution >= 0.6 is 12.2 Å². The van der Waals surface area contributed by atoms with E-state index in [0.717, 1.165) is 0 Å². The van der Waals surface area contributed by atoms with Gasteiger partial charge < -0.3 is 10.5 Å². The molecule has 1 heterocycles. The maximum atomic E-state index is 12.2. The number of nitrogens with one attached hydrogen (secondary N) is 1. The molecule has 0 spiro atoms. The zero-order valence-electron chi connectivity index (χ0n) is 9.63. The molecule has 98 valence electrons. The Morgan fingerprint density at radius 3 is 2.78 bits per heavy atom. The molecule has 0 aliphatic carbocycles. The van der Waals surface area contributed by atoms with E-state index in [1.54, 1.807) is 18.2 Å². The summed E-state index contributed by atoms with van der Waals surface area (Å²) in [6.45, 7) is 0.971. The number of rotatable bonds is 4. The number of nitrogens with two attached hydrogens (primary N) is 1. The molecule has 1 atom stereocenters. The van der Waals surface area contributed by atoms with Gasteiger partial charge in [-0.05, 0) is 12.5 Å². The van der Waals surface area contributed by atoms with Crippen LogP contribution in [0.2, 0.25) is 0 Å². The molecular weight excluding hydrogens is 272 g/mol.